The molecule has 0 aromatic rings. The molecule has 3 rings (SSSR count). The van der Waals surface area contributed by atoms with Gasteiger partial charge in [0.15, 0.2) is 0 Å². The van der Waals surface area contributed by atoms with Crippen LogP contribution in [0.5, 0.6) is 0 Å². The zero-order chi connectivity index (χ0) is 25.0. The molecule has 6 atom stereocenters. The van der Waals surface area contributed by atoms with Crippen molar-refractivity contribution in [3.63, 3.8) is 0 Å². The van der Waals surface area contributed by atoms with Crippen molar-refractivity contribution in [3.05, 3.63) is 0 Å². The van der Waals surface area contributed by atoms with Gasteiger partial charge in [-0.15, -0.1) is 0 Å². The van der Waals surface area contributed by atoms with Gasteiger partial charge >= 0.3 is 7.48 Å². The van der Waals surface area contributed by atoms with Gasteiger partial charge in [-0.1, -0.05) is 20.3 Å². The van der Waals surface area contributed by atoms with Gasteiger partial charge in [0.25, 0.3) is 5.91 Å². The van der Waals surface area contributed by atoms with E-state index in [2.05, 4.69) is 24.5 Å². The van der Waals surface area contributed by atoms with Crippen molar-refractivity contribution >= 4 is 25.2 Å². The lowest BCUT2D eigenvalue weighted by molar-refractivity contribution is -0.239. The molecule has 0 aromatic heterocycles. The maximum Gasteiger partial charge on any atom is 0.317 e. The van der Waals surface area contributed by atoms with Gasteiger partial charge in [0.05, 0.1) is 11.7 Å². The fourth-order valence-corrected chi connectivity index (χ4v) is 5.30. The number of aliphatic hydroxyl groups is 1. The summed E-state index contributed by atoms with van der Waals surface area (Å²) in [7, 11) is 1.59. The molecule has 3 fully saturated rings. The van der Waals surface area contributed by atoms with Crippen LogP contribution in [0.15, 0.2) is 0 Å². The zero-order valence-corrected chi connectivity index (χ0v) is 20.6. The van der Waals surface area contributed by atoms with E-state index in [0.29, 0.717) is 18.9 Å². The molecule has 0 heterocycles. The number of nitrogens with one attached hydrogen (secondary N) is 2. The molecule has 33 heavy (non-hydrogen) atoms. The third-order valence-electron chi connectivity index (χ3n) is 7.44. The molecule has 3 amide bonds. The number of rotatable bonds is 12. The molecule has 1 unspecified atom stereocenters. The van der Waals surface area contributed by atoms with Crippen LogP contribution in [0.25, 0.3) is 0 Å². The monoisotopic (exact) mass is 466 g/mol. The molecule has 10 nitrogen and oxygen atoms in total. The molecule has 0 spiro atoms. The van der Waals surface area contributed by atoms with Crippen LogP contribution in [-0.4, -0.2) is 72.1 Å². The second-order valence-corrected chi connectivity index (χ2v) is 10.4. The number of nitrogens with zero attached hydrogens (tertiary/aromatic N) is 1. The number of fused-ring (bicyclic) bond motifs is 2. The van der Waals surface area contributed by atoms with E-state index in [1.54, 1.807) is 7.48 Å². The molecule has 0 aromatic carbocycles. The van der Waals surface area contributed by atoms with E-state index in [-0.39, 0.29) is 29.9 Å². The van der Waals surface area contributed by atoms with Crippen molar-refractivity contribution in [2.24, 2.45) is 28.8 Å². The van der Waals surface area contributed by atoms with E-state index < -0.39 is 29.4 Å². The average Bonchev–Trinajstić information content (AvgIpc) is 2.70. The predicted octanol–water partition coefficient (Wildman–Crippen LogP) is -0.394. The minimum absolute atomic E-state index is 0.101. The highest BCUT2D eigenvalue weighted by atomic mass is 16.5. The molecule has 3 saturated carbocycles. The fourth-order valence-electron chi connectivity index (χ4n) is 5.30. The average molecular weight is 466 g/mol. The first-order valence-electron chi connectivity index (χ1n) is 11.8. The highest BCUT2D eigenvalue weighted by Crippen LogP contribution is 2.63. The molecule has 7 N–H and O–H groups in total. The summed E-state index contributed by atoms with van der Waals surface area (Å²) in [5.74, 6) is 4.64. The van der Waals surface area contributed by atoms with Crippen LogP contribution in [0.3, 0.4) is 0 Å². The standard InChI is InChI=1S/C22H41BN5O5/c1-13(26-14(2)29)20(31)28(25)12-19(30)27-18(8-6-7-9-24)23-33-17-11-15-10-16(21(15,3)4)22(17,5)32/h13,15-18,32H,6-12,24-25H2,1-5H3,(H,26,29)(H,27,30)/t13-,15-,16-,17?,18-,22-/m0/s1. The minimum Gasteiger partial charge on any atom is -0.433 e. The summed E-state index contributed by atoms with van der Waals surface area (Å²) >= 11 is 0. The lowest BCUT2D eigenvalue weighted by Crippen LogP contribution is -2.67. The number of hydrogen-bond acceptors (Lipinski definition) is 7. The van der Waals surface area contributed by atoms with Gasteiger partial charge in [0.1, 0.15) is 12.6 Å². The first kappa shape index (κ1) is 27.6. The van der Waals surface area contributed by atoms with Crippen molar-refractivity contribution in [1.29, 1.82) is 0 Å². The molecule has 3 aliphatic rings. The summed E-state index contributed by atoms with van der Waals surface area (Å²) in [6, 6.07) is -0.834. The van der Waals surface area contributed by atoms with Gasteiger partial charge in [-0.3, -0.25) is 19.4 Å². The number of amides is 3. The van der Waals surface area contributed by atoms with E-state index in [4.69, 9.17) is 16.2 Å². The second-order valence-electron chi connectivity index (χ2n) is 10.4. The maximum atomic E-state index is 12.5. The molecule has 0 saturated heterocycles. The molecule has 11 heteroatoms. The highest BCUT2D eigenvalue weighted by Gasteiger charge is 2.63. The topological polar surface area (TPSA) is 160 Å². The van der Waals surface area contributed by atoms with Crippen molar-refractivity contribution < 1.29 is 24.1 Å². The van der Waals surface area contributed by atoms with Crippen LogP contribution >= 0.6 is 0 Å². The lowest BCUT2D eigenvalue weighted by Gasteiger charge is -2.65. The summed E-state index contributed by atoms with van der Waals surface area (Å²) < 4.78 is 6.04. The SMILES string of the molecule is CC(=O)N[C@@H](C)C(=O)N(N)CC(=O)N[C@H]([B]OC1C[C@@H]2C[C@@H](C2(C)C)[C@]1(C)O)CCCCN. The summed E-state index contributed by atoms with van der Waals surface area (Å²) in [6.07, 6.45) is 3.63. The van der Waals surface area contributed by atoms with E-state index in [9.17, 15) is 19.5 Å². The summed E-state index contributed by atoms with van der Waals surface area (Å²) in [4.78, 5) is 35.9. The lowest BCUT2D eigenvalue weighted by atomic mass is 9.43. The first-order valence-corrected chi connectivity index (χ1v) is 11.8. The van der Waals surface area contributed by atoms with Crippen molar-refractivity contribution in [2.45, 2.75) is 90.4 Å². The summed E-state index contributed by atoms with van der Waals surface area (Å²) in [6.45, 7) is 9.22. The van der Waals surface area contributed by atoms with Gasteiger partial charge in [0, 0.05) is 12.9 Å². The Hall–Kier alpha value is -1.69. The number of nitrogens with two attached hydrogens (primary N) is 2. The molecule has 0 aliphatic heterocycles. The predicted molar refractivity (Wildman–Crippen MR) is 125 cm³/mol. The normalized spacial score (nSPS) is 29.3. The Kier molecular flexibility index (Phi) is 9.32. The number of carbonyl (C=O) groups excluding carboxylic acids is 3. The van der Waals surface area contributed by atoms with Crippen molar-refractivity contribution in [1.82, 2.24) is 15.6 Å². The van der Waals surface area contributed by atoms with Gasteiger partial charge in [-0.05, 0) is 63.3 Å². The van der Waals surface area contributed by atoms with Crippen LogP contribution in [0, 0.1) is 17.3 Å². The Morgan fingerprint density at radius 3 is 2.42 bits per heavy atom. The first-order chi connectivity index (χ1) is 15.3. The number of hydrazine groups is 1. The van der Waals surface area contributed by atoms with Crippen LogP contribution in [0.2, 0.25) is 0 Å². The van der Waals surface area contributed by atoms with E-state index in [1.165, 1.54) is 13.8 Å². The second kappa shape index (κ2) is 11.2. The maximum absolute atomic E-state index is 12.5. The van der Waals surface area contributed by atoms with Crippen LogP contribution < -0.4 is 22.2 Å². The van der Waals surface area contributed by atoms with Gasteiger partial charge in [0.2, 0.25) is 11.8 Å². The van der Waals surface area contributed by atoms with Crippen molar-refractivity contribution in [3.8, 4) is 0 Å². The van der Waals surface area contributed by atoms with E-state index in [1.807, 2.05) is 6.92 Å². The Morgan fingerprint density at radius 1 is 1.21 bits per heavy atom. The smallest absolute Gasteiger partial charge is 0.317 e. The Morgan fingerprint density at radius 2 is 1.88 bits per heavy atom. The summed E-state index contributed by atoms with van der Waals surface area (Å²) in [5, 5.41) is 17.2. The fraction of sp³-hybridized carbons (Fsp3) is 0.864. The van der Waals surface area contributed by atoms with E-state index >= 15 is 0 Å². The quantitative estimate of drug-likeness (QED) is 0.0861. The number of hydrogen-bond donors (Lipinski definition) is 5. The van der Waals surface area contributed by atoms with Gasteiger partial charge in [-0.25, -0.2) is 5.84 Å². The van der Waals surface area contributed by atoms with Crippen LogP contribution in [0.4, 0.5) is 0 Å². The largest absolute Gasteiger partial charge is 0.433 e. The zero-order valence-electron chi connectivity index (χ0n) is 20.6. The molecule has 187 valence electrons. The van der Waals surface area contributed by atoms with E-state index in [0.717, 1.165) is 30.7 Å². The Labute approximate surface area is 197 Å². The molecule has 1 radical (unpaired) electrons. The van der Waals surface area contributed by atoms with Gasteiger partial charge in [-0.2, -0.15) is 0 Å². The highest BCUT2D eigenvalue weighted by molar-refractivity contribution is 6.30. The third kappa shape index (κ3) is 6.68. The van der Waals surface area contributed by atoms with Crippen LogP contribution in [0.1, 0.15) is 66.7 Å². The third-order valence-corrected chi connectivity index (χ3v) is 7.44. The number of unbranched alkanes of at least 4 members (excludes halogenated alkanes) is 1. The van der Waals surface area contributed by atoms with Gasteiger partial charge < -0.3 is 26.1 Å². The molecule has 2 bridgehead atoms. The minimum atomic E-state index is -0.944. The molecular formula is C22H41BN5O5. The van der Waals surface area contributed by atoms with Crippen molar-refractivity contribution in [2.75, 3.05) is 13.1 Å². The number of carbonyl (C=O) groups is 3. The Bertz CT molecular complexity index is 719. The van der Waals surface area contributed by atoms with Crippen LogP contribution in [-0.2, 0) is 19.0 Å². The molecule has 3 aliphatic carbocycles. The molecular weight excluding hydrogens is 425 g/mol. The Balaban J connectivity index is 1.91. The summed E-state index contributed by atoms with van der Waals surface area (Å²) in [5.41, 5.74) is 4.75.